The molecular formula is C15H22N2OS. The van der Waals surface area contributed by atoms with Gasteiger partial charge in [0.15, 0.2) is 0 Å². The van der Waals surface area contributed by atoms with Crippen LogP contribution in [0.15, 0.2) is 29.4 Å². The third-order valence-electron chi connectivity index (χ3n) is 3.91. The van der Waals surface area contributed by atoms with E-state index in [1.807, 2.05) is 30.1 Å². The average Bonchev–Trinajstić information content (AvgIpc) is 2.46. The Morgan fingerprint density at radius 3 is 2.74 bits per heavy atom. The smallest absolute Gasteiger partial charge is 0.232 e. The lowest BCUT2D eigenvalue weighted by Crippen LogP contribution is -2.40. The van der Waals surface area contributed by atoms with Crippen LogP contribution in [0.4, 0.5) is 0 Å². The van der Waals surface area contributed by atoms with Crippen LogP contribution in [0.1, 0.15) is 32.6 Å². The van der Waals surface area contributed by atoms with E-state index in [1.54, 1.807) is 6.20 Å². The van der Waals surface area contributed by atoms with E-state index in [0.717, 1.165) is 23.8 Å². The summed E-state index contributed by atoms with van der Waals surface area (Å²) >= 11 is 1.52. The minimum atomic E-state index is 0.218. The fourth-order valence-electron chi connectivity index (χ4n) is 2.50. The molecule has 0 aliphatic heterocycles. The van der Waals surface area contributed by atoms with Gasteiger partial charge in [0.2, 0.25) is 5.91 Å². The van der Waals surface area contributed by atoms with Gasteiger partial charge in [0.1, 0.15) is 0 Å². The summed E-state index contributed by atoms with van der Waals surface area (Å²) in [4.78, 5) is 18.3. The van der Waals surface area contributed by atoms with Crippen molar-refractivity contribution < 1.29 is 4.79 Å². The van der Waals surface area contributed by atoms with Gasteiger partial charge in [-0.25, -0.2) is 4.98 Å². The van der Waals surface area contributed by atoms with Crippen LogP contribution in [-0.4, -0.2) is 34.6 Å². The van der Waals surface area contributed by atoms with Crippen molar-refractivity contribution in [2.45, 2.75) is 43.7 Å². The van der Waals surface area contributed by atoms with Crippen LogP contribution in [0.5, 0.6) is 0 Å². The molecular weight excluding hydrogens is 256 g/mol. The summed E-state index contributed by atoms with van der Waals surface area (Å²) in [6, 6.07) is 6.22. The van der Waals surface area contributed by atoms with Crippen molar-refractivity contribution in [1.29, 1.82) is 0 Å². The maximum atomic E-state index is 12.2. The highest BCUT2D eigenvalue weighted by molar-refractivity contribution is 7.99. The highest BCUT2D eigenvalue weighted by atomic mass is 32.2. The molecule has 4 heteroatoms. The monoisotopic (exact) mass is 278 g/mol. The molecule has 0 aromatic carbocycles. The number of rotatable bonds is 4. The summed E-state index contributed by atoms with van der Waals surface area (Å²) in [6.45, 7) is 2.30. The van der Waals surface area contributed by atoms with E-state index in [0.29, 0.717) is 11.8 Å². The normalized spacial score (nSPS) is 23.1. The molecule has 0 bridgehead atoms. The summed E-state index contributed by atoms with van der Waals surface area (Å²) < 4.78 is 0. The predicted molar refractivity (Wildman–Crippen MR) is 79.2 cm³/mol. The number of carbonyl (C=O) groups is 1. The Balaban J connectivity index is 1.79. The van der Waals surface area contributed by atoms with Crippen molar-refractivity contribution in [3.8, 4) is 0 Å². The molecule has 0 unspecified atom stereocenters. The van der Waals surface area contributed by atoms with Gasteiger partial charge in [0.05, 0.1) is 10.8 Å². The minimum absolute atomic E-state index is 0.218. The Labute approximate surface area is 119 Å². The average molecular weight is 278 g/mol. The second-order valence-corrected chi connectivity index (χ2v) is 6.37. The summed E-state index contributed by atoms with van der Waals surface area (Å²) in [6.07, 6.45) is 6.56. The summed E-state index contributed by atoms with van der Waals surface area (Å²) in [5, 5.41) is 0.918. The second-order valence-electron chi connectivity index (χ2n) is 5.37. The van der Waals surface area contributed by atoms with E-state index < -0.39 is 0 Å². The van der Waals surface area contributed by atoms with Gasteiger partial charge < -0.3 is 4.90 Å². The van der Waals surface area contributed by atoms with E-state index in [4.69, 9.17) is 0 Å². The standard InChI is InChI=1S/C15H22N2OS/c1-12-6-8-13(9-7-12)17(2)15(18)11-19-14-5-3-4-10-16-14/h3-5,10,12-13H,6-9,11H2,1-2H3. The van der Waals surface area contributed by atoms with Crippen LogP contribution in [0, 0.1) is 5.92 Å². The molecule has 1 saturated carbocycles. The lowest BCUT2D eigenvalue weighted by Gasteiger charge is -2.33. The molecule has 2 rings (SSSR count). The van der Waals surface area contributed by atoms with Crippen LogP contribution in [-0.2, 0) is 4.79 Å². The van der Waals surface area contributed by atoms with Crippen molar-refractivity contribution in [3.63, 3.8) is 0 Å². The molecule has 3 nitrogen and oxygen atoms in total. The van der Waals surface area contributed by atoms with Gasteiger partial charge in [-0.3, -0.25) is 4.79 Å². The molecule has 1 aliphatic rings. The third-order valence-corrected chi connectivity index (χ3v) is 4.84. The van der Waals surface area contributed by atoms with Gasteiger partial charge in [-0.15, -0.1) is 0 Å². The number of thioether (sulfide) groups is 1. The molecule has 0 spiro atoms. The fourth-order valence-corrected chi connectivity index (χ4v) is 3.29. The zero-order valence-electron chi connectivity index (χ0n) is 11.7. The van der Waals surface area contributed by atoms with Crippen LogP contribution < -0.4 is 0 Å². The van der Waals surface area contributed by atoms with Gasteiger partial charge in [-0.2, -0.15) is 0 Å². The van der Waals surface area contributed by atoms with Crippen molar-refractivity contribution in [2.24, 2.45) is 5.92 Å². The summed E-state index contributed by atoms with van der Waals surface area (Å²) in [5.74, 6) is 1.53. The molecule has 1 aromatic rings. The van der Waals surface area contributed by atoms with Crippen molar-refractivity contribution in [2.75, 3.05) is 12.8 Å². The van der Waals surface area contributed by atoms with Crippen molar-refractivity contribution in [1.82, 2.24) is 9.88 Å². The Bertz CT molecular complexity index is 402. The van der Waals surface area contributed by atoms with Crippen molar-refractivity contribution >= 4 is 17.7 Å². The third kappa shape index (κ3) is 4.23. The SMILES string of the molecule is CC1CCC(N(C)C(=O)CSc2ccccn2)CC1. The van der Waals surface area contributed by atoms with E-state index in [1.165, 1.54) is 24.6 Å². The zero-order chi connectivity index (χ0) is 13.7. The molecule has 1 heterocycles. The van der Waals surface area contributed by atoms with E-state index in [-0.39, 0.29) is 5.91 Å². The molecule has 0 radical (unpaired) electrons. The zero-order valence-corrected chi connectivity index (χ0v) is 12.5. The minimum Gasteiger partial charge on any atom is -0.342 e. The molecule has 1 fully saturated rings. The number of hydrogen-bond acceptors (Lipinski definition) is 3. The van der Waals surface area contributed by atoms with Crippen molar-refractivity contribution in [3.05, 3.63) is 24.4 Å². The predicted octanol–water partition coefficient (Wildman–Crippen LogP) is 3.21. The van der Waals surface area contributed by atoms with E-state index in [9.17, 15) is 4.79 Å². The summed E-state index contributed by atoms with van der Waals surface area (Å²) in [5.41, 5.74) is 0. The van der Waals surface area contributed by atoms with Crippen LogP contribution >= 0.6 is 11.8 Å². The lowest BCUT2D eigenvalue weighted by atomic mass is 9.87. The largest absolute Gasteiger partial charge is 0.342 e. The molecule has 1 aliphatic carbocycles. The Morgan fingerprint density at radius 2 is 2.11 bits per heavy atom. The first-order valence-corrected chi connectivity index (χ1v) is 7.95. The number of aromatic nitrogens is 1. The number of carbonyl (C=O) groups excluding carboxylic acids is 1. The molecule has 1 aromatic heterocycles. The maximum Gasteiger partial charge on any atom is 0.232 e. The fraction of sp³-hybridized carbons (Fsp3) is 0.600. The number of hydrogen-bond donors (Lipinski definition) is 0. The van der Waals surface area contributed by atoms with Gasteiger partial charge in [-0.05, 0) is 43.7 Å². The molecule has 0 saturated heterocycles. The van der Waals surface area contributed by atoms with Gasteiger partial charge in [0, 0.05) is 19.3 Å². The topological polar surface area (TPSA) is 33.2 Å². The quantitative estimate of drug-likeness (QED) is 0.793. The Hall–Kier alpha value is -1.03. The first kappa shape index (κ1) is 14.4. The molecule has 19 heavy (non-hydrogen) atoms. The first-order valence-electron chi connectivity index (χ1n) is 6.96. The van der Waals surface area contributed by atoms with E-state index >= 15 is 0 Å². The molecule has 1 amide bonds. The Morgan fingerprint density at radius 1 is 1.37 bits per heavy atom. The lowest BCUT2D eigenvalue weighted by molar-refractivity contribution is -0.129. The van der Waals surface area contributed by atoms with Crippen LogP contribution in [0.3, 0.4) is 0 Å². The first-order chi connectivity index (χ1) is 9.16. The van der Waals surface area contributed by atoms with Gasteiger partial charge >= 0.3 is 0 Å². The summed E-state index contributed by atoms with van der Waals surface area (Å²) in [7, 11) is 1.95. The van der Waals surface area contributed by atoms with Gasteiger partial charge in [-0.1, -0.05) is 24.8 Å². The van der Waals surface area contributed by atoms with E-state index in [2.05, 4.69) is 11.9 Å². The Kier molecular flexibility index (Phi) is 5.25. The van der Waals surface area contributed by atoms with Crippen LogP contribution in [0.2, 0.25) is 0 Å². The number of nitrogens with zero attached hydrogens (tertiary/aromatic N) is 2. The highest BCUT2D eigenvalue weighted by Gasteiger charge is 2.24. The maximum absolute atomic E-state index is 12.2. The number of amides is 1. The highest BCUT2D eigenvalue weighted by Crippen LogP contribution is 2.27. The number of pyridine rings is 1. The molecule has 0 N–H and O–H groups in total. The molecule has 104 valence electrons. The van der Waals surface area contributed by atoms with Gasteiger partial charge in [0.25, 0.3) is 0 Å². The van der Waals surface area contributed by atoms with Crippen LogP contribution in [0.25, 0.3) is 0 Å². The molecule has 0 atom stereocenters. The second kappa shape index (κ2) is 6.94.